The number of carbonyl (C=O) groups is 5. The van der Waals surface area contributed by atoms with E-state index < -0.39 is 24.5 Å². The minimum atomic E-state index is -0.715. The van der Waals surface area contributed by atoms with E-state index in [0.29, 0.717) is 16.9 Å². The van der Waals surface area contributed by atoms with Crippen LogP contribution in [0.15, 0.2) is 60.7 Å². The highest BCUT2D eigenvalue weighted by molar-refractivity contribution is 6.22. The number of nitrogens with one attached hydrogen (secondary N) is 1. The van der Waals surface area contributed by atoms with Gasteiger partial charge in [0.05, 0.1) is 35.3 Å². The lowest BCUT2D eigenvalue weighted by molar-refractivity contribution is -0.123. The number of fused-ring (bicyclic) bond motifs is 5. The number of esters is 2. The summed E-state index contributed by atoms with van der Waals surface area (Å²) in [5.41, 5.74) is 1.39. The maximum Gasteiger partial charge on any atom is 0.338 e. The SMILES string of the molecule is CCOC(=O)c1ccc(NC(=O)COC(=O)c2ccc(N3C(=O)[C@@H]4[C@H](C3=O)[C@H]3C=C[C@H]4C3)cc2)cc1. The normalized spacial score (nSPS) is 23.5. The van der Waals surface area contributed by atoms with E-state index in [1.54, 1.807) is 19.1 Å². The van der Waals surface area contributed by atoms with E-state index in [0.717, 1.165) is 6.42 Å². The number of carbonyl (C=O) groups excluding carboxylic acids is 5. The van der Waals surface area contributed by atoms with E-state index in [9.17, 15) is 24.0 Å². The number of anilines is 2. The fourth-order valence-electron chi connectivity index (χ4n) is 5.22. The summed E-state index contributed by atoms with van der Waals surface area (Å²) in [5.74, 6) is -2.45. The fourth-order valence-corrected chi connectivity index (χ4v) is 5.22. The van der Waals surface area contributed by atoms with Crippen LogP contribution in [0, 0.1) is 23.7 Å². The standard InChI is InChI=1S/C27H24N2O7/c1-2-35-26(33)15-5-9-19(10-6-15)28-21(30)14-36-27(34)16-7-11-20(12-8-16)29-24(31)22-17-3-4-18(13-17)23(22)25(29)32/h3-12,17-18,22-23H,2,13-14H2,1H3,(H,28,30)/t17-,18-,22-,23+/m0/s1. The van der Waals surface area contributed by atoms with Crippen molar-refractivity contribution in [2.24, 2.45) is 23.7 Å². The monoisotopic (exact) mass is 488 g/mol. The molecule has 4 atom stereocenters. The molecule has 3 aliphatic rings. The summed E-state index contributed by atoms with van der Waals surface area (Å²) in [4.78, 5) is 63.3. The second kappa shape index (κ2) is 9.41. The Kier molecular flexibility index (Phi) is 6.13. The van der Waals surface area contributed by atoms with Crippen LogP contribution in [0.4, 0.5) is 11.4 Å². The third kappa shape index (κ3) is 4.17. The van der Waals surface area contributed by atoms with Gasteiger partial charge in [0.2, 0.25) is 11.8 Å². The zero-order valence-corrected chi connectivity index (χ0v) is 19.5. The number of amides is 3. The first-order valence-corrected chi connectivity index (χ1v) is 11.8. The molecule has 2 aliphatic carbocycles. The molecule has 5 rings (SSSR count). The van der Waals surface area contributed by atoms with Gasteiger partial charge in [-0.25, -0.2) is 9.59 Å². The summed E-state index contributed by atoms with van der Waals surface area (Å²) < 4.78 is 9.99. The fraction of sp³-hybridized carbons (Fsp3) is 0.296. The molecular formula is C27H24N2O7. The Morgan fingerprint density at radius 1 is 0.833 bits per heavy atom. The van der Waals surface area contributed by atoms with E-state index in [1.165, 1.54) is 41.3 Å². The van der Waals surface area contributed by atoms with Crippen LogP contribution in [0.5, 0.6) is 0 Å². The van der Waals surface area contributed by atoms with Crippen molar-refractivity contribution in [3.63, 3.8) is 0 Å². The summed E-state index contributed by atoms with van der Waals surface area (Å²) >= 11 is 0. The molecule has 1 saturated heterocycles. The Hall–Kier alpha value is -4.27. The minimum absolute atomic E-state index is 0.123. The predicted molar refractivity (Wildman–Crippen MR) is 128 cm³/mol. The zero-order chi connectivity index (χ0) is 25.4. The lowest BCUT2D eigenvalue weighted by Gasteiger charge is -2.17. The Bertz CT molecular complexity index is 1240. The number of ether oxygens (including phenoxy) is 2. The number of hydrogen-bond donors (Lipinski definition) is 1. The number of hydrogen-bond acceptors (Lipinski definition) is 7. The number of nitrogens with zero attached hydrogens (tertiary/aromatic N) is 1. The van der Waals surface area contributed by atoms with Gasteiger partial charge in [-0.2, -0.15) is 0 Å². The maximum absolute atomic E-state index is 12.9. The Labute approximate surface area is 207 Å². The molecule has 9 heteroatoms. The molecule has 2 aromatic rings. The van der Waals surface area contributed by atoms with Gasteiger partial charge in [0.15, 0.2) is 6.61 Å². The molecule has 0 radical (unpaired) electrons. The van der Waals surface area contributed by atoms with Crippen LogP contribution in [-0.2, 0) is 23.9 Å². The average molecular weight is 488 g/mol. The van der Waals surface area contributed by atoms with Gasteiger partial charge in [0, 0.05) is 5.69 Å². The smallest absolute Gasteiger partial charge is 0.338 e. The molecule has 2 aromatic carbocycles. The van der Waals surface area contributed by atoms with Crippen LogP contribution in [0.2, 0.25) is 0 Å². The highest BCUT2D eigenvalue weighted by Gasteiger charge is 2.59. The van der Waals surface area contributed by atoms with Gasteiger partial charge in [-0.1, -0.05) is 12.2 Å². The highest BCUT2D eigenvalue weighted by Crippen LogP contribution is 2.53. The van der Waals surface area contributed by atoms with E-state index in [4.69, 9.17) is 9.47 Å². The number of benzene rings is 2. The maximum atomic E-state index is 12.9. The van der Waals surface area contributed by atoms with Crippen LogP contribution in [0.1, 0.15) is 34.1 Å². The first-order valence-electron chi connectivity index (χ1n) is 11.8. The van der Waals surface area contributed by atoms with Crippen molar-refractivity contribution in [1.82, 2.24) is 0 Å². The molecule has 0 unspecified atom stereocenters. The van der Waals surface area contributed by atoms with E-state index in [2.05, 4.69) is 5.32 Å². The van der Waals surface area contributed by atoms with E-state index in [1.807, 2.05) is 12.2 Å². The van der Waals surface area contributed by atoms with Gasteiger partial charge < -0.3 is 14.8 Å². The van der Waals surface area contributed by atoms with Crippen molar-refractivity contribution >= 4 is 41.0 Å². The molecule has 9 nitrogen and oxygen atoms in total. The Morgan fingerprint density at radius 2 is 1.36 bits per heavy atom. The number of imide groups is 1. The summed E-state index contributed by atoms with van der Waals surface area (Å²) in [6, 6.07) is 12.1. The molecule has 0 spiro atoms. The van der Waals surface area contributed by atoms with Crippen molar-refractivity contribution in [2.75, 3.05) is 23.4 Å². The summed E-state index contributed by atoms with van der Waals surface area (Å²) in [5, 5.41) is 2.58. The molecule has 1 N–H and O–H groups in total. The van der Waals surface area contributed by atoms with Crippen LogP contribution >= 0.6 is 0 Å². The topological polar surface area (TPSA) is 119 Å². The number of rotatable bonds is 7. The van der Waals surface area contributed by atoms with E-state index >= 15 is 0 Å². The summed E-state index contributed by atoms with van der Waals surface area (Å²) in [7, 11) is 0. The predicted octanol–water partition coefficient (Wildman–Crippen LogP) is 2.97. The summed E-state index contributed by atoms with van der Waals surface area (Å²) in [6.07, 6.45) is 4.93. The second-order valence-corrected chi connectivity index (χ2v) is 8.98. The van der Waals surface area contributed by atoms with Crippen molar-refractivity contribution in [3.05, 3.63) is 71.8 Å². The van der Waals surface area contributed by atoms with Crippen molar-refractivity contribution in [2.45, 2.75) is 13.3 Å². The third-order valence-corrected chi connectivity index (χ3v) is 6.85. The molecule has 1 saturated carbocycles. The third-order valence-electron chi connectivity index (χ3n) is 6.85. The van der Waals surface area contributed by atoms with Crippen LogP contribution in [0.25, 0.3) is 0 Å². The number of allylic oxidation sites excluding steroid dienone is 2. The van der Waals surface area contributed by atoms with Gasteiger partial charge in [0.1, 0.15) is 0 Å². The molecule has 3 amide bonds. The van der Waals surface area contributed by atoms with Crippen LogP contribution < -0.4 is 10.2 Å². The molecule has 2 fully saturated rings. The van der Waals surface area contributed by atoms with Gasteiger partial charge in [0.25, 0.3) is 5.91 Å². The molecule has 1 heterocycles. The minimum Gasteiger partial charge on any atom is -0.462 e. The molecule has 184 valence electrons. The van der Waals surface area contributed by atoms with Gasteiger partial charge in [-0.15, -0.1) is 0 Å². The van der Waals surface area contributed by atoms with Gasteiger partial charge in [-0.3, -0.25) is 19.3 Å². The quantitative estimate of drug-likeness (QED) is 0.362. The van der Waals surface area contributed by atoms with Crippen molar-refractivity contribution < 1.29 is 33.4 Å². The lowest BCUT2D eigenvalue weighted by Crippen LogP contribution is -2.32. The van der Waals surface area contributed by atoms with Gasteiger partial charge in [-0.05, 0) is 73.7 Å². The van der Waals surface area contributed by atoms with Crippen molar-refractivity contribution in [3.8, 4) is 0 Å². The van der Waals surface area contributed by atoms with Crippen LogP contribution in [-0.4, -0.2) is 42.9 Å². The Balaban J connectivity index is 1.15. The first kappa shape index (κ1) is 23.5. The molecule has 36 heavy (non-hydrogen) atoms. The average Bonchev–Trinajstić information content (AvgIpc) is 3.57. The van der Waals surface area contributed by atoms with Gasteiger partial charge >= 0.3 is 11.9 Å². The van der Waals surface area contributed by atoms with Crippen molar-refractivity contribution in [1.29, 1.82) is 0 Å². The van der Waals surface area contributed by atoms with E-state index in [-0.39, 0.29) is 47.7 Å². The largest absolute Gasteiger partial charge is 0.462 e. The molecule has 0 aromatic heterocycles. The van der Waals surface area contributed by atoms with Crippen LogP contribution in [0.3, 0.4) is 0 Å². The molecule has 1 aliphatic heterocycles. The lowest BCUT2D eigenvalue weighted by atomic mass is 9.85. The highest BCUT2D eigenvalue weighted by atomic mass is 16.5. The molecule has 2 bridgehead atoms. The second-order valence-electron chi connectivity index (χ2n) is 8.98. The molecular weight excluding hydrogens is 464 g/mol. The first-order chi connectivity index (χ1) is 17.4. The Morgan fingerprint density at radius 3 is 1.92 bits per heavy atom. The summed E-state index contributed by atoms with van der Waals surface area (Å²) in [6.45, 7) is 1.46. The zero-order valence-electron chi connectivity index (χ0n) is 19.5.